The zero-order valence-electron chi connectivity index (χ0n) is 11.2. The Balaban J connectivity index is 2.00. The van der Waals surface area contributed by atoms with Crippen LogP contribution < -0.4 is 5.32 Å². The number of halogens is 3. The first kappa shape index (κ1) is 15.4. The first-order valence-corrected chi connectivity index (χ1v) is 8.17. The maximum Gasteiger partial charge on any atom is 0.0721 e. The predicted octanol–water partition coefficient (Wildman–Crippen LogP) is 5.04. The lowest BCUT2D eigenvalue weighted by atomic mass is 10.0. The molecule has 5 heteroatoms. The van der Waals surface area contributed by atoms with Crippen molar-refractivity contribution in [3.63, 3.8) is 0 Å². The van der Waals surface area contributed by atoms with Crippen LogP contribution in [0.4, 0.5) is 5.69 Å². The number of anilines is 1. The molecule has 0 unspecified atom stereocenters. The quantitative estimate of drug-likeness (QED) is 0.806. The fourth-order valence-corrected chi connectivity index (χ4v) is 3.76. The van der Waals surface area contributed by atoms with Gasteiger partial charge in [0.25, 0.3) is 0 Å². The summed E-state index contributed by atoms with van der Waals surface area (Å²) >= 11 is 15.9. The van der Waals surface area contributed by atoms with Crippen molar-refractivity contribution < 1.29 is 0 Å². The Labute approximate surface area is 133 Å². The minimum Gasteiger partial charge on any atom is -0.380 e. The van der Waals surface area contributed by atoms with E-state index in [2.05, 4.69) is 40.0 Å². The van der Waals surface area contributed by atoms with Crippen LogP contribution in [0.15, 0.2) is 16.6 Å². The Morgan fingerprint density at radius 1 is 1.21 bits per heavy atom. The number of benzene rings is 1. The van der Waals surface area contributed by atoms with E-state index >= 15 is 0 Å². The third-order valence-corrected chi connectivity index (χ3v) is 4.67. The third kappa shape index (κ3) is 4.01. The van der Waals surface area contributed by atoms with Crippen molar-refractivity contribution in [2.75, 3.05) is 18.4 Å². The summed E-state index contributed by atoms with van der Waals surface area (Å²) in [5.74, 6) is 0. The van der Waals surface area contributed by atoms with Crippen molar-refractivity contribution in [2.45, 2.75) is 38.8 Å². The highest BCUT2D eigenvalue weighted by atomic mass is 79.9. The summed E-state index contributed by atoms with van der Waals surface area (Å²) in [4.78, 5) is 2.50. The lowest BCUT2D eigenvalue weighted by molar-refractivity contribution is 0.177. The van der Waals surface area contributed by atoms with E-state index in [0.29, 0.717) is 22.1 Å². The molecule has 1 heterocycles. The Morgan fingerprint density at radius 3 is 2.21 bits per heavy atom. The summed E-state index contributed by atoms with van der Waals surface area (Å²) < 4.78 is 0.905. The molecule has 2 nitrogen and oxygen atoms in total. The van der Waals surface area contributed by atoms with Gasteiger partial charge in [-0.1, -0.05) is 39.1 Å². The molecule has 19 heavy (non-hydrogen) atoms. The number of hydrogen-bond acceptors (Lipinski definition) is 2. The molecule has 0 bridgehead atoms. The summed E-state index contributed by atoms with van der Waals surface area (Å²) in [6.07, 6.45) is 2.25. The van der Waals surface area contributed by atoms with Gasteiger partial charge < -0.3 is 10.2 Å². The molecule has 0 amide bonds. The molecule has 106 valence electrons. The molecular formula is C14H19BrCl2N2. The highest BCUT2D eigenvalue weighted by molar-refractivity contribution is 9.10. The van der Waals surface area contributed by atoms with Gasteiger partial charge in [0, 0.05) is 29.6 Å². The van der Waals surface area contributed by atoms with Crippen molar-refractivity contribution in [2.24, 2.45) is 0 Å². The van der Waals surface area contributed by atoms with Crippen molar-refractivity contribution in [1.82, 2.24) is 4.90 Å². The number of nitrogens with one attached hydrogen (secondary N) is 1. The molecule has 0 spiro atoms. The van der Waals surface area contributed by atoms with Gasteiger partial charge in [-0.05, 0) is 38.8 Å². The third-order valence-electron chi connectivity index (χ3n) is 3.62. The molecule has 1 N–H and O–H groups in total. The van der Waals surface area contributed by atoms with Crippen LogP contribution in [0.5, 0.6) is 0 Å². The van der Waals surface area contributed by atoms with Crippen LogP contribution in [0.25, 0.3) is 0 Å². The topological polar surface area (TPSA) is 15.3 Å². The molecule has 0 atom stereocenters. The van der Waals surface area contributed by atoms with E-state index in [-0.39, 0.29) is 0 Å². The smallest absolute Gasteiger partial charge is 0.0721 e. The van der Waals surface area contributed by atoms with E-state index in [1.807, 2.05) is 12.1 Å². The largest absolute Gasteiger partial charge is 0.380 e. The van der Waals surface area contributed by atoms with Crippen LogP contribution in [-0.2, 0) is 0 Å². The Hall–Kier alpha value is 0.0400. The highest BCUT2D eigenvalue weighted by Crippen LogP contribution is 2.35. The van der Waals surface area contributed by atoms with E-state index in [0.717, 1.165) is 36.1 Å². The molecule has 1 aliphatic heterocycles. The van der Waals surface area contributed by atoms with E-state index in [1.165, 1.54) is 0 Å². The monoisotopic (exact) mass is 364 g/mol. The van der Waals surface area contributed by atoms with Crippen molar-refractivity contribution in [3.8, 4) is 0 Å². The molecule has 1 fully saturated rings. The van der Waals surface area contributed by atoms with Crippen molar-refractivity contribution in [1.29, 1.82) is 0 Å². The molecule has 0 saturated carbocycles. The van der Waals surface area contributed by atoms with Gasteiger partial charge in [0.1, 0.15) is 0 Å². The Kier molecular flexibility index (Phi) is 5.41. The highest BCUT2D eigenvalue weighted by Gasteiger charge is 2.22. The fraction of sp³-hybridized carbons (Fsp3) is 0.571. The Bertz CT molecular complexity index is 420. The molecule has 0 aliphatic carbocycles. The maximum atomic E-state index is 6.25. The standard InChI is InChI=1S/C14H19BrCl2N2/c1-9(2)19-5-3-11(4-6-19)18-14-12(16)7-10(15)8-13(14)17/h7-9,11,18H,3-6H2,1-2H3. The number of likely N-dealkylation sites (tertiary alicyclic amines) is 1. The van der Waals surface area contributed by atoms with Crippen LogP contribution in [0.1, 0.15) is 26.7 Å². The average Bonchev–Trinajstić information content (AvgIpc) is 2.34. The van der Waals surface area contributed by atoms with Crippen LogP contribution in [-0.4, -0.2) is 30.1 Å². The normalized spacial score (nSPS) is 18.0. The zero-order chi connectivity index (χ0) is 14.0. The second kappa shape index (κ2) is 6.66. The van der Waals surface area contributed by atoms with Gasteiger partial charge in [0.15, 0.2) is 0 Å². The fourth-order valence-electron chi connectivity index (χ4n) is 2.44. The zero-order valence-corrected chi connectivity index (χ0v) is 14.3. The summed E-state index contributed by atoms with van der Waals surface area (Å²) in [5.41, 5.74) is 0.856. The number of nitrogens with zero attached hydrogens (tertiary/aromatic N) is 1. The number of rotatable bonds is 3. The van der Waals surface area contributed by atoms with E-state index in [4.69, 9.17) is 23.2 Å². The second-order valence-electron chi connectivity index (χ2n) is 5.29. The van der Waals surface area contributed by atoms with E-state index < -0.39 is 0 Å². The van der Waals surface area contributed by atoms with Crippen molar-refractivity contribution >= 4 is 44.8 Å². The molecular weight excluding hydrogens is 347 g/mol. The van der Waals surface area contributed by atoms with Gasteiger partial charge >= 0.3 is 0 Å². The minimum atomic E-state index is 0.450. The molecule has 1 aromatic carbocycles. The average molecular weight is 366 g/mol. The molecule has 1 aromatic rings. The summed E-state index contributed by atoms with van der Waals surface area (Å²) in [6.45, 7) is 6.74. The summed E-state index contributed by atoms with van der Waals surface area (Å²) in [6, 6.07) is 4.82. The summed E-state index contributed by atoms with van der Waals surface area (Å²) in [7, 11) is 0. The van der Waals surface area contributed by atoms with Gasteiger partial charge in [0.05, 0.1) is 15.7 Å². The first-order valence-electron chi connectivity index (χ1n) is 6.62. The molecule has 0 radical (unpaired) electrons. The van der Waals surface area contributed by atoms with Gasteiger partial charge in [0.2, 0.25) is 0 Å². The molecule has 2 rings (SSSR count). The maximum absolute atomic E-state index is 6.25. The van der Waals surface area contributed by atoms with Crippen LogP contribution in [0, 0.1) is 0 Å². The molecule has 0 aromatic heterocycles. The van der Waals surface area contributed by atoms with Gasteiger partial charge in [-0.25, -0.2) is 0 Å². The Morgan fingerprint density at radius 2 is 1.74 bits per heavy atom. The van der Waals surface area contributed by atoms with Crippen LogP contribution >= 0.6 is 39.1 Å². The minimum absolute atomic E-state index is 0.450. The first-order chi connectivity index (χ1) is 8.97. The predicted molar refractivity (Wildman–Crippen MR) is 87.5 cm³/mol. The second-order valence-corrected chi connectivity index (χ2v) is 7.02. The number of piperidine rings is 1. The van der Waals surface area contributed by atoms with Crippen LogP contribution in [0.3, 0.4) is 0 Å². The SMILES string of the molecule is CC(C)N1CCC(Nc2c(Cl)cc(Br)cc2Cl)CC1. The van der Waals surface area contributed by atoms with Gasteiger partial charge in [-0.2, -0.15) is 0 Å². The van der Waals surface area contributed by atoms with E-state index in [1.54, 1.807) is 0 Å². The van der Waals surface area contributed by atoms with Gasteiger partial charge in [-0.15, -0.1) is 0 Å². The molecule has 1 aliphatic rings. The van der Waals surface area contributed by atoms with E-state index in [9.17, 15) is 0 Å². The number of hydrogen-bond donors (Lipinski definition) is 1. The summed E-state index contributed by atoms with van der Waals surface area (Å²) in [5, 5.41) is 4.84. The van der Waals surface area contributed by atoms with Gasteiger partial charge in [-0.3, -0.25) is 0 Å². The lowest BCUT2D eigenvalue weighted by Gasteiger charge is -2.35. The van der Waals surface area contributed by atoms with Crippen LogP contribution in [0.2, 0.25) is 10.0 Å². The molecule has 1 saturated heterocycles. The lowest BCUT2D eigenvalue weighted by Crippen LogP contribution is -2.42. The van der Waals surface area contributed by atoms with Crippen molar-refractivity contribution in [3.05, 3.63) is 26.7 Å².